The molecule has 0 radical (unpaired) electrons. The van der Waals surface area contributed by atoms with Gasteiger partial charge in [-0.25, -0.2) is 0 Å². The minimum Gasteiger partial charge on any atom is -0.508 e. The van der Waals surface area contributed by atoms with Gasteiger partial charge < -0.3 is 9.84 Å². The summed E-state index contributed by atoms with van der Waals surface area (Å²) in [6.45, 7) is 0.548. The molecule has 1 aromatic rings. The number of fused-ring (bicyclic) bond motifs is 1. The van der Waals surface area contributed by atoms with Gasteiger partial charge in [-0.1, -0.05) is 6.07 Å². The van der Waals surface area contributed by atoms with Crippen LogP contribution in [0.1, 0.15) is 17.9 Å². The van der Waals surface area contributed by atoms with Crippen LogP contribution in [0.2, 0.25) is 0 Å². The molecule has 1 aromatic carbocycles. The average molecular weight is 175 g/mol. The lowest BCUT2D eigenvalue weighted by Gasteiger charge is -2.01. The molecule has 3 nitrogen and oxygen atoms in total. The molecule has 1 heterocycles. The number of hydrogen-bond donors (Lipinski definition) is 1. The third-order valence-electron chi connectivity index (χ3n) is 2.21. The molecule has 1 aliphatic heterocycles. The number of nitriles is 1. The Bertz CT molecular complexity index is 368. The number of benzene rings is 1. The van der Waals surface area contributed by atoms with Crippen molar-refractivity contribution in [1.82, 2.24) is 0 Å². The first-order valence-electron chi connectivity index (χ1n) is 4.14. The maximum atomic E-state index is 9.17. The van der Waals surface area contributed by atoms with Crippen molar-refractivity contribution in [2.45, 2.75) is 12.3 Å². The van der Waals surface area contributed by atoms with Crippen molar-refractivity contribution in [2.75, 3.05) is 6.61 Å². The molecule has 3 heteroatoms. The molecule has 2 rings (SSSR count). The Morgan fingerprint density at radius 3 is 3.23 bits per heavy atom. The van der Waals surface area contributed by atoms with E-state index in [1.807, 2.05) is 6.07 Å². The van der Waals surface area contributed by atoms with E-state index in [0.29, 0.717) is 18.8 Å². The lowest BCUT2D eigenvalue weighted by Crippen LogP contribution is -1.98. The van der Waals surface area contributed by atoms with Crippen molar-refractivity contribution in [2.24, 2.45) is 0 Å². The molecule has 0 aliphatic carbocycles. The summed E-state index contributed by atoms with van der Waals surface area (Å²) < 4.78 is 5.33. The number of aromatic hydroxyl groups is 1. The van der Waals surface area contributed by atoms with Crippen LogP contribution in [-0.2, 0) is 0 Å². The van der Waals surface area contributed by atoms with Crippen molar-refractivity contribution >= 4 is 0 Å². The highest BCUT2D eigenvalue weighted by Crippen LogP contribution is 2.37. The summed E-state index contributed by atoms with van der Waals surface area (Å²) in [4.78, 5) is 0. The van der Waals surface area contributed by atoms with Gasteiger partial charge in [-0.3, -0.25) is 0 Å². The van der Waals surface area contributed by atoms with Gasteiger partial charge in [0.2, 0.25) is 0 Å². The molecule has 0 bridgehead atoms. The normalized spacial score (nSPS) is 18.8. The van der Waals surface area contributed by atoms with Gasteiger partial charge in [0.1, 0.15) is 11.5 Å². The first-order chi connectivity index (χ1) is 6.31. The summed E-state index contributed by atoms with van der Waals surface area (Å²) in [6.07, 6.45) is 0.470. The fraction of sp³-hybridized carbons (Fsp3) is 0.300. The van der Waals surface area contributed by atoms with Crippen LogP contribution in [0.25, 0.3) is 0 Å². The Balaban J connectivity index is 2.34. The summed E-state index contributed by atoms with van der Waals surface area (Å²) in [5, 5.41) is 17.7. The zero-order valence-corrected chi connectivity index (χ0v) is 7.03. The summed E-state index contributed by atoms with van der Waals surface area (Å²) in [6, 6.07) is 7.15. The Morgan fingerprint density at radius 1 is 1.62 bits per heavy atom. The molecule has 1 aliphatic rings. The van der Waals surface area contributed by atoms with Crippen molar-refractivity contribution in [3.05, 3.63) is 23.8 Å². The molecule has 0 spiro atoms. The molecule has 0 unspecified atom stereocenters. The minimum absolute atomic E-state index is 0.167. The third-order valence-corrected chi connectivity index (χ3v) is 2.21. The van der Waals surface area contributed by atoms with E-state index in [-0.39, 0.29) is 11.7 Å². The predicted molar refractivity (Wildman–Crippen MR) is 46.6 cm³/mol. The van der Waals surface area contributed by atoms with Crippen LogP contribution in [0.3, 0.4) is 0 Å². The van der Waals surface area contributed by atoms with E-state index in [2.05, 4.69) is 6.07 Å². The molecule has 0 amide bonds. The van der Waals surface area contributed by atoms with Crippen molar-refractivity contribution < 1.29 is 9.84 Å². The first-order valence-corrected chi connectivity index (χ1v) is 4.14. The Morgan fingerprint density at radius 2 is 2.46 bits per heavy atom. The number of phenols is 1. The summed E-state index contributed by atoms with van der Waals surface area (Å²) in [5.74, 6) is 1.08. The predicted octanol–water partition coefficient (Wildman–Crippen LogP) is 1.78. The second-order valence-corrected chi connectivity index (χ2v) is 3.09. The van der Waals surface area contributed by atoms with Gasteiger partial charge in [0.25, 0.3) is 0 Å². The molecule has 0 saturated carbocycles. The minimum atomic E-state index is 0.167. The SMILES string of the molecule is N#CC[C@H]1COc2cc(O)ccc21. The number of ether oxygens (including phenoxy) is 1. The largest absolute Gasteiger partial charge is 0.508 e. The van der Waals surface area contributed by atoms with Gasteiger partial charge in [0.15, 0.2) is 0 Å². The van der Waals surface area contributed by atoms with E-state index in [4.69, 9.17) is 15.1 Å². The molecule has 1 N–H and O–H groups in total. The van der Waals surface area contributed by atoms with Gasteiger partial charge in [-0.15, -0.1) is 0 Å². The summed E-state index contributed by atoms with van der Waals surface area (Å²) in [5.41, 5.74) is 1.03. The number of nitrogens with zero attached hydrogens (tertiary/aromatic N) is 1. The second-order valence-electron chi connectivity index (χ2n) is 3.09. The van der Waals surface area contributed by atoms with Gasteiger partial charge >= 0.3 is 0 Å². The highest BCUT2D eigenvalue weighted by atomic mass is 16.5. The van der Waals surface area contributed by atoms with Crippen molar-refractivity contribution in [3.63, 3.8) is 0 Å². The van der Waals surface area contributed by atoms with Crippen LogP contribution in [-0.4, -0.2) is 11.7 Å². The maximum absolute atomic E-state index is 9.17. The van der Waals surface area contributed by atoms with Gasteiger partial charge in [-0.05, 0) is 6.07 Å². The van der Waals surface area contributed by atoms with Crippen LogP contribution >= 0.6 is 0 Å². The van der Waals surface area contributed by atoms with Crippen LogP contribution in [0.4, 0.5) is 0 Å². The Hall–Kier alpha value is -1.69. The standard InChI is InChI=1S/C10H9NO2/c11-4-3-7-6-13-10-5-8(12)1-2-9(7)10/h1-2,5,7,12H,3,6H2/t7-/m0/s1. The van der Waals surface area contributed by atoms with Crippen molar-refractivity contribution in [3.8, 4) is 17.6 Å². The van der Waals surface area contributed by atoms with E-state index in [9.17, 15) is 0 Å². The molecule has 0 fully saturated rings. The topological polar surface area (TPSA) is 53.2 Å². The molecular formula is C10H9NO2. The van der Waals surface area contributed by atoms with Crippen LogP contribution in [0, 0.1) is 11.3 Å². The smallest absolute Gasteiger partial charge is 0.126 e. The van der Waals surface area contributed by atoms with E-state index >= 15 is 0 Å². The maximum Gasteiger partial charge on any atom is 0.126 e. The molecule has 13 heavy (non-hydrogen) atoms. The fourth-order valence-electron chi connectivity index (χ4n) is 1.54. The van der Waals surface area contributed by atoms with E-state index in [1.165, 1.54) is 0 Å². The van der Waals surface area contributed by atoms with Crippen LogP contribution in [0.15, 0.2) is 18.2 Å². The molecule has 0 aromatic heterocycles. The first kappa shape index (κ1) is 7.93. The lowest BCUT2D eigenvalue weighted by atomic mass is 9.99. The van der Waals surface area contributed by atoms with Crippen molar-refractivity contribution in [1.29, 1.82) is 5.26 Å². The second kappa shape index (κ2) is 2.98. The monoisotopic (exact) mass is 175 g/mol. The molecular weight excluding hydrogens is 166 g/mol. The van der Waals surface area contributed by atoms with Gasteiger partial charge in [0.05, 0.1) is 12.7 Å². The zero-order chi connectivity index (χ0) is 9.26. The van der Waals surface area contributed by atoms with Gasteiger partial charge in [0, 0.05) is 24.0 Å². The third kappa shape index (κ3) is 1.31. The molecule has 66 valence electrons. The number of rotatable bonds is 1. The number of hydrogen-bond acceptors (Lipinski definition) is 3. The number of phenolic OH excluding ortho intramolecular Hbond substituents is 1. The fourth-order valence-corrected chi connectivity index (χ4v) is 1.54. The summed E-state index contributed by atoms with van der Waals surface area (Å²) >= 11 is 0. The van der Waals surface area contributed by atoms with E-state index < -0.39 is 0 Å². The quantitative estimate of drug-likeness (QED) is 0.707. The van der Waals surface area contributed by atoms with E-state index in [1.54, 1.807) is 12.1 Å². The zero-order valence-electron chi connectivity index (χ0n) is 7.03. The molecule has 1 atom stereocenters. The average Bonchev–Trinajstić information content (AvgIpc) is 2.49. The molecule has 0 saturated heterocycles. The highest BCUT2D eigenvalue weighted by Gasteiger charge is 2.23. The van der Waals surface area contributed by atoms with Crippen LogP contribution < -0.4 is 4.74 Å². The van der Waals surface area contributed by atoms with Crippen LogP contribution in [0.5, 0.6) is 11.5 Å². The Labute approximate surface area is 76.2 Å². The Kier molecular flexibility index (Phi) is 1.82. The van der Waals surface area contributed by atoms with E-state index in [0.717, 1.165) is 5.56 Å². The van der Waals surface area contributed by atoms with Gasteiger partial charge in [-0.2, -0.15) is 5.26 Å². The lowest BCUT2D eigenvalue weighted by molar-refractivity contribution is 0.330. The highest BCUT2D eigenvalue weighted by molar-refractivity contribution is 5.44. The summed E-state index contributed by atoms with van der Waals surface area (Å²) in [7, 11) is 0.